The van der Waals surface area contributed by atoms with E-state index in [9.17, 15) is 8.42 Å². The van der Waals surface area contributed by atoms with Gasteiger partial charge < -0.3 is 0 Å². The Kier molecular flexibility index (Phi) is 4.25. The van der Waals surface area contributed by atoms with Gasteiger partial charge in [0.25, 0.3) is 0 Å². The number of nitrogens with zero attached hydrogens (tertiary/aromatic N) is 4. The zero-order chi connectivity index (χ0) is 16.6. The van der Waals surface area contributed by atoms with E-state index < -0.39 is 10.0 Å². The van der Waals surface area contributed by atoms with Crippen LogP contribution in [-0.4, -0.2) is 40.8 Å². The van der Waals surface area contributed by atoms with Crippen LogP contribution in [0.25, 0.3) is 0 Å². The Labute approximate surface area is 137 Å². The van der Waals surface area contributed by atoms with Gasteiger partial charge in [-0.15, -0.1) is 5.10 Å². The molecule has 2 heterocycles. The molecule has 1 saturated heterocycles. The second-order valence-corrected chi connectivity index (χ2v) is 8.12. The summed E-state index contributed by atoms with van der Waals surface area (Å²) in [5.74, 6) is 0. The molecule has 0 bridgehead atoms. The molecule has 0 spiro atoms. The van der Waals surface area contributed by atoms with Crippen LogP contribution in [-0.2, 0) is 10.0 Å². The molecule has 1 fully saturated rings. The van der Waals surface area contributed by atoms with Crippen molar-refractivity contribution in [1.82, 2.24) is 19.3 Å². The van der Waals surface area contributed by atoms with Crippen molar-refractivity contribution in [1.29, 1.82) is 0 Å². The highest BCUT2D eigenvalue weighted by molar-refractivity contribution is 7.89. The molecule has 1 aliphatic heterocycles. The Morgan fingerprint density at radius 1 is 1.09 bits per heavy atom. The van der Waals surface area contributed by atoms with Gasteiger partial charge in [-0.05, 0) is 44.7 Å². The van der Waals surface area contributed by atoms with Crippen molar-refractivity contribution in [2.45, 2.75) is 44.6 Å². The number of hydrogen-bond donors (Lipinski definition) is 0. The van der Waals surface area contributed by atoms with Crippen LogP contribution in [0.4, 0.5) is 0 Å². The molecule has 0 N–H and O–H groups in total. The van der Waals surface area contributed by atoms with E-state index in [-0.39, 0.29) is 6.04 Å². The van der Waals surface area contributed by atoms with E-state index in [0.717, 1.165) is 29.5 Å². The summed E-state index contributed by atoms with van der Waals surface area (Å²) < 4.78 is 29.5. The average molecular weight is 334 g/mol. The van der Waals surface area contributed by atoms with Crippen LogP contribution in [0, 0.1) is 20.8 Å². The van der Waals surface area contributed by atoms with E-state index in [2.05, 4.69) is 10.3 Å². The predicted octanol–water partition coefficient (Wildman–Crippen LogP) is 2.23. The van der Waals surface area contributed by atoms with E-state index in [1.165, 1.54) is 0 Å². The van der Waals surface area contributed by atoms with Crippen molar-refractivity contribution < 1.29 is 8.42 Å². The topological polar surface area (TPSA) is 68.1 Å². The lowest BCUT2D eigenvalue weighted by Crippen LogP contribution is -2.39. The van der Waals surface area contributed by atoms with Gasteiger partial charge in [0.05, 0.1) is 17.1 Å². The molecule has 1 aromatic heterocycles. The second kappa shape index (κ2) is 6.05. The largest absolute Gasteiger partial charge is 0.249 e. The second-order valence-electron chi connectivity index (χ2n) is 6.25. The third-order valence-electron chi connectivity index (χ3n) is 4.44. The molecule has 1 aromatic carbocycles. The Morgan fingerprint density at radius 3 is 2.22 bits per heavy atom. The zero-order valence-electron chi connectivity index (χ0n) is 13.7. The molecule has 2 aromatic rings. The molecule has 3 rings (SSSR count). The minimum Gasteiger partial charge on any atom is -0.249 e. The minimum atomic E-state index is -3.44. The molecule has 6 nitrogen and oxygen atoms in total. The highest BCUT2D eigenvalue weighted by atomic mass is 32.2. The van der Waals surface area contributed by atoms with Crippen LogP contribution >= 0.6 is 0 Å². The van der Waals surface area contributed by atoms with Crippen LogP contribution in [0.1, 0.15) is 35.6 Å². The summed E-state index contributed by atoms with van der Waals surface area (Å²) in [4.78, 5) is 0.460. The number of sulfonamides is 1. The summed E-state index contributed by atoms with van der Waals surface area (Å²) in [7, 11) is -3.44. The van der Waals surface area contributed by atoms with Crippen LogP contribution in [0.5, 0.6) is 0 Å². The highest BCUT2D eigenvalue weighted by Gasteiger charge is 2.32. The summed E-state index contributed by atoms with van der Waals surface area (Å²) in [6.07, 6.45) is 5.00. The number of aromatic nitrogens is 3. The van der Waals surface area contributed by atoms with Gasteiger partial charge in [-0.3, -0.25) is 0 Å². The van der Waals surface area contributed by atoms with E-state index in [4.69, 9.17) is 0 Å². The predicted molar refractivity (Wildman–Crippen MR) is 87.7 cm³/mol. The molecule has 23 heavy (non-hydrogen) atoms. The first-order valence-electron chi connectivity index (χ1n) is 7.83. The Balaban J connectivity index is 1.82. The number of hydrogen-bond acceptors (Lipinski definition) is 4. The molecule has 124 valence electrons. The van der Waals surface area contributed by atoms with Crippen LogP contribution in [0.2, 0.25) is 0 Å². The van der Waals surface area contributed by atoms with Crippen LogP contribution in [0.3, 0.4) is 0 Å². The first-order chi connectivity index (χ1) is 10.9. The van der Waals surface area contributed by atoms with Crippen molar-refractivity contribution >= 4 is 10.0 Å². The standard InChI is InChI=1S/C16H22N4O2S/c1-12-10-13(2)16(14(3)11-12)23(21,22)19-7-4-15(5-8-19)20-9-6-17-18-20/h6,9-11,15H,4-5,7-8H2,1-3H3. The third-order valence-corrected chi connectivity index (χ3v) is 6.65. The molecule has 0 radical (unpaired) electrons. The zero-order valence-corrected chi connectivity index (χ0v) is 14.5. The smallest absolute Gasteiger partial charge is 0.243 e. The minimum absolute atomic E-state index is 0.226. The summed E-state index contributed by atoms with van der Waals surface area (Å²) in [6.45, 7) is 6.75. The van der Waals surface area contributed by atoms with Crippen molar-refractivity contribution in [3.8, 4) is 0 Å². The fourth-order valence-corrected chi connectivity index (χ4v) is 5.34. The van der Waals surface area contributed by atoms with Gasteiger partial charge in [-0.25, -0.2) is 13.1 Å². The van der Waals surface area contributed by atoms with Crippen molar-refractivity contribution in [3.05, 3.63) is 41.2 Å². The molecular formula is C16H22N4O2S. The van der Waals surface area contributed by atoms with Gasteiger partial charge in [-0.1, -0.05) is 22.9 Å². The average Bonchev–Trinajstić information content (AvgIpc) is 3.00. The lowest BCUT2D eigenvalue weighted by Gasteiger charge is -2.31. The van der Waals surface area contributed by atoms with E-state index in [1.807, 2.05) is 43.8 Å². The SMILES string of the molecule is Cc1cc(C)c(S(=O)(=O)N2CCC(n3ccnn3)CC2)c(C)c1. The lowest BCUT2D eigenvalue weighted by atomic mass is 10.1. The monoisotopic (exact) mass is 334 g/mol. The Hall–Kier alpha value is -1.73. The first-order valence-corrected chi connectivity index (χ1v) is 9.27. The van der Waals surface area contributed by atoms with Gasteiger partial charge in [0.15, 0.2) is 0 Å². The molecule has 0 aliphatic carbocycles. The van der Waals surface area contributed by atoms with Gasteiger partial charge in [0, 0.05) is 19.3 Å². The first kappa shape index (κ1) is 16.1. The summed E-state index contributed by atoms with van der Waals surface area (Å²) >= 11 is 0. The van der Waals surface area contributed by atoms with E-state index in [1.54, 1.807) is 10.5 Å². The number of rotatable bonds is 3. The summed E-state index contributed by atoms with van der Waals surface area (Å²) in [6, 6.07) is 4.09. The molecule has 0 amide bonds. The number of aryl methyl sites for hydroxylation is 3. The van der Waals surface area contributed by atoms with Crippen LogP contribution < -0.4 is 0 Å². The summed E-state index contributed by atoms with van der Waals surface area (Å²) in [5.41, 5.74) is 2.73. The molecule has 0 unspecified atom stereocenters. The van der Waals surface area contributed by atoms with E-state index in [0.29, 0.717) is 18.0 Å². The number of piperidine rings is 1. The third kappa shape index (κ3) is 3.03. The lowest BCUT2D eigenvalue weighted by molar-refractivity contribution is 0.258. The van der Waals surface area contributed by atoms with Crippen molar-refractivity contribution in [2.24, 2.45) is 0 Å². The van der Waals surface area contributed by atoms with Crippen molar-refractivity contribution in [2.75, 3.05) is 13.1 Å². The molecule has 1 aliphatic rings. The van der Waals surface area contributed by atoms with Gasteiger partial charge in [0.2, 0.25) is 10.0 Å². The maximum atomic E-state index is 13.0. The van der Waals surface area contributed by atoms with E-state index >= 15 is 0 Å². The molecule has 0 saturated carbocycles. The fourth-order valence-electron chi connectivity index (χ4n) is 3.46. The summed E-state index contributed by atoms with van der Waals surface area (Å²) in [5, 5.41) is 7.85. The molecule has 7 heteroatoms. The quantitative estimate of drug-likeness (QED) is 0.863. The molecular weight excluding hydrogens is 312 g/mol. The maximum absolute atomic E-state index is 13.0. The fraction of sp³-hybridized carbons (Fsp3) is 0.500. The Morgan fingerprint density at radius 2 is 1.70 bits per heavy atom. The highest BCUT2D eigenvalue weighted by Crippen LogP contribution is 2.29. The van der Waals surface area contributed by atoms with Crippen molar-refractivity contribution in [3.63, 3.8) is 0 Å². The Bertz CT molecular complexity index is 768. The van der Waals surface area contributed by atoms with Gasteiger partial charge in [-0.2, -0.15) is 4.31 Å². The molecule has 0 atom stereocenters. The van der Waals surface area contributed by atoms with Crippen LogP contribution in [0.15, 0.2) is 29.4 Å². The maximum Gasteiger partial charge on any atom is 0.243 e. The number of benzene rings is 1. The van der Waals surface area contributed by atoms with Gasteiger partial charge >= 0.3 is 0 Å². The normalized spacial score (nSPS) is 17.5. The van der Waals surface area contributed by atoms with Gasteiger partial charge in [0.1, 0.15) is 0 Å².